The number of piperazine rings is 1. The summed E-state index contributed by atoms with van der Waals surface area (Å²) in [7, 11) is 1.70. The number of hydrogen-bond donors (Lipinski definition) is 2. The van der Waals surface area contributed by atoms with E-state index >= 15 is 0 Å². The summed E-state index contributed by atoms with van der Waals surface area (Å²) in [5.74, 6) is 1.52. The van der Waals surface area contributed by atoms with Crippen molar-refractivity contribution in [3.05, 3.63) is 47.1 Å². The van der Waals surface area contributed by atoms with Crippen LogP contribution in [0.5, 0.6) is 0 Å². The van der Waals surface area contributed by atoms with Crippen molar-refractivity contribution in [1.29, 1.82) is 0 Å². The van der Waals surface area contributed by atoms with Crippen LogP contribution in [0, 0.1) is 5.82 Å². The fourth-order valence-corrected chi connectivity index (χ4v) is 3.48. The number of halogens is 2. The van der Waals surface area contributed by atoms with Crippen LogP contribution >= 0.6 is 24.0 Å². The van der Waals surface area contributed by atoms with Gasteiger partial charge >= 0.3 is 0 Å². The summed E-state index contributed by atoms with van der Waals surface area (Å²) in [6.07, 6.45) is 0. The Kier molecular flexibility index (Phi) is 10.0. The summed E-state index contributed by atoms with van der Waals surface area (Å²) in [6, 6.07) is 7.40. The van der Waals surface area contributed by atoms with E-state index < -0.39 is 0 Å². The number of anilines is 1. The van der Waals surface area contributed by atoms with Crippen LogP contribution in [0.1, 0.15) is 43.7 Å². The smallest absolute Gasteiger partial charge is 0.191 e. The molecule has 1 aliphatic rings. The summed E-state index contributed by atoms with van der Waals surface area (Å²) in [5.41, 5.74) is 2.48. The third-order valence-electron chi connectivity index (χ3n) is 5.45. The highest BCUT2D eigenvalue weighted by Crippen LogP contribution is 2.22. The first-order chi connectivity index (χ1) is 14.5. The number of aromatic nitrogens is 1. The number of nitrogens with zero attached hydrogens (tertiary/aromatic N) is 4. The molecule has 2 N–H and O–H groups in total. The first-order valence-electron chi connectivity index (χ1n) is 10.7. The third-order valence-corrected chi connectivity index (χ3v) is 5.45. The molecule has 0 atom stereocenters. The number of aliphatic imine (C=N–C) groups is 1. The summed E-state index contributed by atoms with van der Waals surface area (Å²) < 4.78 is 20.0. The molecule has 2 heterocycles. The van der Waals surface area contributed by atoms with Crippen LogP contribution in [0.2, 0.25) is 0 Å². The Morgan fingerprint density at radius 1 is 1.16 bits per heavy atom. The summed E-state index contributed by atoms with van der Waals surface area (Å²) in [6.45, 7) is 12.0. The van der Waals surface area contributed by atoms with Crippen molar-refractivity contribution < 1.29 is 8.91 Å². The molecule has 0 radical (unpaired) electrons. The van der Waals surface area contributed by atoms with E-state index in [2.05, 4.69) is 51.4 Å². The number of nitrogens with one attached hydrogen (secondary N) is 2. The molecule has 7 nitrogen and oxygen atoms in total. The van der Waals surface area contributed by atoms with E-state index in [4.69, 9.17) is 4.52 Å². The molecular weight excluding hydrogens is 510 g/mol. The molecule has 0 unspecified atom stereocenters. The Bertz CT molecular complexity index is 848. The first kappa shape index (κ1) is 25.4. The molecule has 1 fully saturated rings. The second-order valence-corrected chi connectivity index (χ2v) is 7.86. The van der Waals surface area contributed by atoms with Crippen LogP contribution in [-0.4, -0.2) is 55.8 Å². The van der Waals surface area contributed by atoms with Gasteiger partial charge in [0.1, 0.15) is 5.82 Å². The molecule has 0 bridgehead atoms. The third kappa shape index (κ3) is 7.06. The molecule has 1 saturated heterocycles. The van der Waals surface area contributed by atoms with Crippen LogP contribution in [0.3, 0.4) is 0 Å². The second-order valence-electron chi connectivity index (χ2n) is 7.86. The van der Waals surface area contributed by atoms with Gasteiger partial charge in [0.05, 0.1) is 17.9 Å². The highest BCUT2D eigenvalue weighted by atomic mass is 127. The first-order valence-corrected chi connectivity index (χ1v) is 10.7. The molecule has 1 aromatic heterocycles. The van der Waals surface area contributed by atoms with Gasteiger partial charge in [-0.2, -0.15) is 0 Å². The lowest BCUT2D eigenvalue weighted by atomic mass is 10.1. The Hall–Kier alpha value is -1.88. The average Bonchev–Trinajstić information content (AvgIpc) is 3.23. The normalized spacial score (nSPS) is 15.2. The fraction of sp³-hybridized carbons (Fsp3) is 0.545. The molecule has 1 aliphatic heterocycles. The van der Waals surface area contributed by atoms with Gasteiger partial charge in [0.15, 0.2) is 11.7 Å². The van der Waals surface area contributed by atoms with Gasteiger partial charge in [-0.25, -0.2) is 4.39 Å². The molecule has 0 aliphatic carbocycles. The minimum absolute atomic E-state index is 0. The number of rotatable bonds is 7. The van der Waals surface area contributed by atoms with E-state index in [1.54, 1.807) is 13.1 Å². The van der Waals surface area contributed by atoms with Gasteiger partial charge in [-0.3, -0.25) is 4.99 Å². The van der Waals surface area contributed by atoms with Crippen LogP contribution in [0.25, 0.3) is 0 Å². The maximum atomic E-state index is 14.7. The Morgan fingerprint density at radius 2 is 1.87 bits per heavy atom. The number of benzene rings is 1. The molecule has 0 spiro atoms. The monoisotopic (exact) mass is 544 g/mol. The lowest BCUT2D eigenvalue weighted by molar-refractivity contribution is 0.270. The van der Waals surface area contributed by atoms with Crippen LogP contribution in [0.15, 0.2) is 33.8 Å². The predicted octanol–water partition coefficient (Wildman–Crippen LogP) is 3.56. The topological polar surface area (TPSA) is 68.9 Å². The Balaban J connectivity index is 0.00000341. The van der Waals surface area contributed by atoms with Gasteiger partial charge in [-0.05, 0) is 30.2 Å². The quantitative estimate of drug-likeness (QED) is 0.316. The molecule has 0 amide bonds. The number of likely N-dealkylation sites (N-methyl/N-ethyl adjacent to an activating group) is 1. The zero-order valence-electron chi connectivity index (χ0n) is 18.8. The molecule has 0 saturated carbocycles. The van der Waals surface area contributed by atoms with Crippen LogP contribution in [0.4, 0.5) is 10.1 Å². The Labute approximate surface area is 201 Å². The van der Waals surface area contributed by atoms with E-state index in [9.17, 15) is 4.39 Å². The van der Waals surface area contributed by atoms with Gasteiger partial charge in [-0.1, -0.05) is 32.0 Å². The molecule has 9 heteroatoms. The van der Waals surface area contributed by atoms with E-state index in [-0.39, 0.29) is 29.8 Å². The van der Waals surface area contributed by atoms with Crippen molar-refractivity contribution in [1.82, 2.24) is 20.7 Å². The SMILES string of the molecule is CCN1CCN(c2ccc(CNC(=NC)NCc3cc(C(C)C)no3)cc2F)CC1.I. The summed E-state index contributed by atoms with van der Waals surface area (Å²) in [5, 5.41) is 10.5. The maximum absolute atomic E-state index is 14.7. The maximum Gasteiger partial charge on any atom is 0.191 e. The summed E-state index contributed by atoms with van der Waals surface area (Å²) in [4.78, 5) is 8.72. The van der Waals surface area contributed by atoms with Crippen molar-refractivity contribution >= 4 is 35.6 Å². The van der Waals surface area contributed by atoms with Crippen molar-refractivity contribution in [3.63, 3.8) is 0 Å². The molecule has 3 rings (SSSR count). The highest BCUT2D eigenvalue weighted by Gasteiger charge is 2.18. The van der Waals surface area contributed by atoms with Gasteiger partial charge in [0, 0.05) is 45.8 Å². The minimum atomic E-state index is -0.176. The molecule has 172 valence electrons. The second kappa shape index (κ2) is 12.2. The van der Waals surface area contributed by atoms with Crippen molar-refractivity contribution in [2.24, 2.45) is 4.99 Å². The molecule has 2 aromatic rings. The standard InChI is InChI=1S/C22H33FN6O.HI/c1-5-28-8-10-29(11-9-28)21-7-6-17(12-19(21)23)14-25-22(24-4)26-15-18-13-20(16(2)3)27-30-18;/h6-7,12-13,16H,5,8-11,14-15H2,1-4H3,(H2,24,25,26);1H. The van der Waals surface area contributed by atoms with Gasteiger partial charge in [-0.15, -0.1) is 24.0 Å². The fourth-order valence-electron chi connectivity index (χ4n) is 3.48. The van der Waals surface area contributed by atoms with Crippen molar-refractivity contribution in [3.8, 4) is 0 Å². The van der Waals surface area contributed by atoms with E-state index in [0.29, 0.717) is 30.7 Å². The average molecular weight is 544 g/mol. The van der Waals surface area contributed by atoms with Gasteiger partial charge < -0.3 is 25.0 Å². The zero-order valence-corrected chi connectivity index (χ0v) is 21.2. The molecular formula is C22H34FIN6O. The van der Waals surface area contributed by atoms with Crippen LogP contribution < -0.4 is 15.5 Å². The van der Waals surface area contributed by atoms with Crippen molar-refractivity contribution in [2.75, 3.05) is 44.7 Å². The lowest BCUT2D eigenvalue weighted by Crippen LogP contribution is -2.46. The number of hydrogen-bond acceptors (Lipinski definition) is 5. The predicted molar refractivity (Wildman–Crippen MR) is 134 cm³/mol. The van der Waals surface area contributed by atoms with Gasteiger partial charge in [0.2, 0.25) is 0 Å². The van der Waals surface area contributed by atoms with E-state index in [1.807, 2.05) is 18.2 Å². The van der Waals surface area contributed by atoms with Crippen molar-refractivity contribution in [2.45, 2.75) is 39.8 Å². The lowest BCUT2D eigenvalue weighted by Gasteiger charge is -2.35. The highest BCUT2D eigenvalue weighted by molar-refractivity contribution is 14.0. The van der Waals surface area contributed by atoms with E-state index in [1.165, 1.54) is 0 Å². The number of guanidine groups is 1. The van der Waals surface area contributed by atoms with E-state index in [0.717, 1.165) is 49.7 Å². The summed E-state index contributed by atoms with van der Waals surface area (Å²) >= 11 is 0. The minimum Gasteiger partial charge on any atom is -0.367 e. The molecule has 31 heavy (non-hydrogen) atoms. The molecule has 1 aromatic carbocycles. The largest absolute Gasteiger partial charge is 0.367 e. The zero-order chi connectivity index (χ0) is 21.5. The Morgan fingerprint density at radius 3 is 2.45 bits per heavy atom. The van der Waals surface area contributed by atoms with Crippen LogP contribution in [-0.2, 0) is 13.1 Å². The van der Waals surface area contributed by atoms with Gasteiger partial charge in [0.25, 0.3) is 0 Å².